The van der Waals surface area contributed by atoms with Crippen molar-refractivity contribution in [1.82, 2.24) is 4.90 Å². The SMILES string of the molecule is NCCCN(Cc1ccccc1)C(=O)c1ccccc1Cl. The standard InChI is InChI=1S/C17H19ClN2O/c18-16-10-5-4-9-15(16)17(21)20(12-6-11-19)13-14-7-2-1-3-8-14/h1-5,7-10H,6,11-13,19H2. The Hall–Kier alpha value is -1.84. The third kappa shape index (κ3) is 4.31. The summed E-state index contributed by atoms with van der Waals surface area (Å²) < 4.78 is 0. The number of halogens is 1. The van der Waals surface area contributed by atoms with Crippen molar-refractivity contribution in [2.45, 2.75) is 13.0 Å². The van der Waals surface area contributed by atoms with E-state index < -0.39 is 0 Å². The van der Waals surface area contributed by atoms with Gasteiger partial charge in [0.05, 0.1) is 10.6 Å². The summed E-state index contributed by atoms with van der Waals surface area (Å²) in [5.41, 5.74) is 7.20. The second-order valence-electron chi connectivity index (χ2n) is 4.83. The van der Waals surface area contributed by atoms with Crippen molar-refractivity contribution in [2.75, 3.05) is 13.1 Å². The third-order valence-electron chi connectivity index (χ3n) is 3.24. The molecule has 0 saturated carbocycles. The first kappa shape index (κ1) is 15.5. The van der Waals surface area contributed by atoms with E-state index in [9.17, 15) is 4.79 Å². The van der Waals surface area contributed by atoms with Crippen molar-refractivity contribution in [3.63, 3.8) is 0 Å². The fourth-order valence-electron chi connectivity index (χ4n) is 2.14. The van der Waals surface area contributed by atoms with E-state index in [2.05, 4.69) is 0 Å². The summed E-state index contributed by atoms with van der Waals surface area (Å²) in [5.74, 6) is -0.0575. The number of rotatable bonds is 6. The van der Waals surface area contributed by atoms with Crippen LogP contribution in [0, 0.1) is 0 Å². The molecule has 2 aromatic carbocycles. The number of amides is 1. The van der Waals surface area contributed by atoms with Crippen LogP contribution >= 0.6 is 11.6 Å². The second kappa shape index (κ2) is 7.81. The molecule has 0 unspecified atom stereocenters. The van der Waals surface area contributed by atoms with Crippen LogP contribution in [-0.2, 0) is 6.54 Å². The average molecular weight is 303 g/mol. The van der Waals surface area contributed by atoms with E-state index in [0.717, 1.165) is 12.0 Å². The highest BCUT2D eigenvalue weighted by Crippen LogP contribution is 2.18. The molecular formula is C17H19ClN2O. The molecule has 2 N–H and O–H groups in total. The molecule has 0 aromatic heterocycles. The van der Waals surface area contributed by atoms with Gasteiger partial charge in [-0.05, 0) is 30.7 Å². The van der Waals surface area contributed by atoms with Gasteiger partial charge in [-0.25, -0.2) is 0 Å². The van der Waals surface area contributed by atoms with E-state index in [-0.39, 0.29) is 5.91 Å². The van der Waals surface area contributed by atoms with Gasteiger partial charge < -0.3 is 10.6 Å². The number of carbonyl (C=O) groups excluding carboxylic acids is 1. The van der Waals surface area contributed by atoms with Crippen molar-refractivity contribution in [3.8, 4) is 0 Å². The lowest BCUT2D eigenvalue weighted by Crippen LogP contribution is -2.32. The molecule has 0 spiro atoms. The van der Waals surface area contributed by atoms with E-state index in [1.54, 1.807) is 17.0 Å². The van der Waals surface area contributed by atoms with Gasteiger partial charge in [-0.1, -0.05) is 54.1 Å². The van der Waals surface area contributed by atoms with Crippen LogP contribution in [0.3, 0.4) is 0 Å². The number of carbonyl (C=O) groups is 1. The zero-order chi connectivity index (χ0) is 15.1. The van der Waals surface area contributed by atoms with Crippen LogP contribution in [0.25, 0.3) is 0 Å². The number of nitrogens with two attached hydrogens (primary N) is 1. The van der Waals surface area contributed by atoms with Gasteiger partial charge in [0.1, 0.15) is 0 Å². The molecular weight excluding hydrogens is 284 g/mol. The van der Waals surface area contributed by atoms with Crippen LogP contribution in [0.4, 0.5) is 0 Å². The van der Waals surface area contributed by atoms with Gasteiger partial charge in [0, 0.05) is 13.1 Å². The summed E-state index contributed by atoms with van der Waals surface area (Å²) in [6.07, 6.45) is 0.767. The van der Waals surface area contributed by atoms with E-state index in [1.165, 1.54) is 0 Å². The molecule has 0 saturated heterocycles. The van der Waals surface area contributed by atoms with Gasteiger partial charge in [-0.3, -0.25) is 4.79 Å². The Morgan fingerprint density at radius 3 is 2.38 bits per heavy atom. The molecule has 0 bridgehead atoms. The van der Waals surface area contributed by atoms with Crippen LogP contribution in [0.2, 0.25) is 5.02 Å². The maximum absolute atomic E-state index is 12.7. The smallest absolute Gasteiger partial charge is 0.255 e. The van der Waals surface area contributed by atoms with Crippen molar-refractivity contribution < 1.29 is 4.79 Å². The van der Waals surface area contributed by atoms with Crippen LogP contribution in [-0.4, -0.2) is 23.9 Å². The predicted molar refractivity (Wildman–Crippen MR) is 86.3 cm³/mol. The minimum absolute atomic E-state index is 0.0575. The first-order valence-corrected chi connectivity index (χ1v) is 7.38. The van der Waals surface area contributed by atoms with Gasteiger partial charge in [0.2, 0.25) is 0 Å². The molecule has 0 atom stereocenters. The van der Waals surface area contributed by atoms with Crippen molar-refractivity contribution >= 4 is 17.5 Å². The van der Waals surface area contributed by atoms with Gasteiger partial charge in [-0.15, -0.1) is 0 Å². The maximum Gasteiger partial charge on any atom is 0.255 e. The summed E-state index contributed by atoms with van der Waals surface area (Å²) >= 11 is 6.13. The van der Waals surface area contributed by atoms with Crippen LogP contribution in [0.1, 0.15) is 22.3 Å². The highest BCUT2D eigenvalue weighted by molar-refractivity contribution is 6.33. The molecule has 0 radical (unpaired) electrons. The van der Waals surface area contributed by atoms with Gasteiger partial charge >= 0.3 is 0 Å². The first-order chi connectivity index (χ1) is 10.2. The molecule has 0 aliphatic rings. The summed E-state index contributed by atoms with van der Waals surface area (Å²) in [6, 6.07) is 17.0. The lowest BCUT2D eigenvalue weighted by atomic mass is 10.1. The molecule has 2 rings (SSSR count). The highest BCUT2D eigenvalue weighted by atomic mass is 35.5. The maximum atomic E-state index is 12.7. The summed E-state index contributed by atoms with van der Waals surface area (Å²) in [5, 5.41) is 0.480. The molecule has 0 aliphatic carbocycles. The Morgan fingerprint density at radius 1 is 1.05 bits per heavy atom. The first-order valence-electron chi connectivity index (χ1n) is 7.00. The van der Waals surface area contributed by atoms with Crippen molar-refractivity contribution in [3.05, 3.63) is 70.7 Å². The fraction of sp³-hybridized carbons (Fsp3) is 0.235. The quantitative estimate of drug-likeness (QED) is 0.889. The second-order valence-corrected chi connectivity index (χ2v) is 5.24. The lowest BCUT2D eigenvalue weighted by molar-refractivity contribution is 0.0742. The summed E-state index contributed by atoms with van der Waals surface area (Å²) in [4.78, 5) is 14.5. The average Bonchev–Trinajstić information content (AvgIpc) is 2.52. The monoisotopic (exact) mass is 302 g/mol. The molecule has 2 aromatic rings. The minimum Gasteiger partial charge on any atom is -0.334 e. The van der Waals surface area contributed by atoms with E-state index in [4.69, 9.17) is 17.3 Å². The summed E-state index contributed by atoms with van der Waals surface area (Å²) in [6.45, 7) is 1.74. The zero-order valence-corrected chi connectivity index (χ0v) is 12.6. The number of hydrogen-bond acceptors (Lipinski definition) is 2. The normalized spacial score (nSPS) is 10.4. The number of nitrogens with zero attached hydrogens (tertiary/aromatic N) is 1. The van der Waals surface area contributed by atoms with Crippen molar-refractivity contribution in [1.29, 1.82) is 0 Å². The number of hydrogen-bond donors (Lipinski definition) is 1. The van der Waals surface area contributed by atoms with Gasteiger partial charge in [-0.2, -0.15) is 0 Å². The van der Waals surface area contributed by atoms with E-state index in [1.807, 2.05) is 42.5 Å². The van der Waals surface area contributed by atoms with Gasteiger partial charge in [0.25, 0.3) is 5.91 Å². The Kier molecular flexibility index (Phi) is 5.78. The lowest BCUT2D eigenvalue weighted by Gasteiger charge is -2.23. The Bertz CT molecular complexity index is 586. The molecule has 21 heavy (non-hydrogen) atoms. The number of benzene rings is 2. The molecule has 0 aliphatic heterocycles. The van der Waals surface area contributed by atoms with Crippen LogP contribution < -0.4 is 5.73 Å². The van der Waals surface area contributed by atoms with Crippen LogP contribution in [0.15, 0.2) is 54.6 Å². The molecule has 0 fully saturated rings. The van der Waals surface area contributed by atoms with Crippen LogP contribution in [0.5, 0.6) is 0 Å². The minimum atomic E-state index is -0.0575. The molecule has 3 nitrogen and oxygen atoms in total. The molecule has 110 valence electrons. The third-order valence-corrected chi connectivity index (χ3v) is 3.57. The Labute approximate surface area is 130 Å². The largest absolute Gasteiger partial charge is 0.334 e. The predicted octanol–water partition coefficient (Wildman–Crippen LogP) is 3.33. The topological polar surface area (TPSA) is 46.3 Å². The highest BCUT2D eigenvalue weighted by Gasteiger charge is 2.17. The molecule has 0 heterocycles. The Morgan fingerprint density at radius 2 is 1.71 bits per heavy atom. The van der Waals surface area contributed by atoms with E-state index in [0.29, 0.717) is 30.2 Å². The Balaban J connectivity index is 2.19. The van der Waals surface area contributed by atoms with Gasteiger partial charge in [0.15, 0.2) is 0 Å². The zero-order valence-electron chi connectivity index (χ0n) is 11.8. The van der Waals surface area contributed by atoms with E-state index >= 15 is 0 Å². The molecule has 1 amide bonds. The fourth-order valence-corrected chi connectivity index (χ4v) is 2.36. The molecule has 4 heteroatoms. The summed E-state index contributed by atoms with van der Waals surface area (Å²) in [7, 11) is 0. The van der Waals surface area contributed by atoms with Crippen molar-refractivity contribution in [2.24, 2.45) is 5.73 Å².